The molecule has 5 nitrogen and oxygen atoms in total. The van der Waals surface area contributed by atoms with Crippen LogP contribution < -0.4 is 15.8 Å². The van der Waals surface area contributed by atoms with Crippen molar-refractivity contribution >= 4 is 40.7 Å². The number of nitrogens with zero attached hydrogens (tertiary/aromatic N) is 1. The lowest BCUT2D eigenvalue weighted by Gasteiger charge is -2.07. The van der Waals surface area contributed by atoms with E-state index in [1.54, 1.807) is 0 Å². The number of nitrogens with two attached hydrogens (primary N) is 1. The van der Waals surface area contributed by atoms with Crippen LogP contribution >= 0.6 is 24.0 Å². The van der Waals surface area contributed by atoms with E-state index in [-0.39, 0.29) is 24.0 Å². The number of benzene rings is 2. The molecule has 0 aliphatic carbocycles. The van der Waals surface area contributed by atoms with E-state index in [4.69, 9.17) is 15.2 Å². The summed E-state index contributed by atoms with van der Waals surface area (Å²) >= 11 is 0. The average Bonchev–Trinajstić information content (AvgIpc) is 2.61. The number of fused-ring (bicyclic) bond motifs is 1. The summed E-state index contributed by atoms with van der Waals surface area (Å²) in [5.41, 5.74) is 5.80. The van der Waals surface area contributed by atoms with E-state index in [9.17, 15) is 0 Å². The first kappa shape index (κ1) is 21.5. The van der Waals surface area contributed by atoms with E-state index < -0.39 is 0 Å². The fraction of sp³-hybridized carbons (Fsp3) is 0.421. The molecular formula is C19H28IN3O2. The molecule has 0 fully saturated rings. The molecule has 0 radical (unpaired) electrons. The van der Waals surface area contributed by atoms with E-state index in [0.717, 1.165) is 38.3 Å². The molecule has 0 saturated heterocycles. The Bertz CT molecular complexity index is 649. The van der Waals surface area contributed by atoms with E-state index in [2.05, 4.69) is 34.6 Å². The summed E-state index contributed by atoms with van der Waals surface area (Å²) in [5, 5.41) is 5.49. The Kier molecular flexibility index (Phi) is 11.0. The van der Waals surface area contributed by atoms with Gasteiger partial charge in [0.15, 0.2) is 5.96 Å². The van der Waals surface area contributed by atoms with Crippen molar-refractivity contribution < 1.29 is 9.47 Å². The van der Waals surface area contributed by atoms with Crippen molar-refractivity contribution in [3.05, 3.63) is 42.5 Å². The SMILES string of the molecule is CCOCCCNC(N)=NCCCOc1ccc2ccccc2c1.I. The largest absolute Gasteiger partial charge is 0.494 e. The van der Waals surface area contributed by atoms with Crippen LogP contribution in [0.15, 0.2) is 47.5 Å². The number of aliphatic imine (C=N–C) groups is 1. The highest BCUT2D eigenvalue weighted by Gasteiger charge is 1.97. The Hall–Kier alpha value is -1.54. The van der Waals surface area contributed by atoms with Crippen LogP contribution in [0, 0.1) is 0 Å². The molecule has 2 aromatic rings. The standard InChI is InChI=1S/C19H27N3O2.HI/c1-2-23-13-5-11-21-19(20)22-12-6-14-24-18-10-9-16-7-3-4-8-17(16)15-18;/h3-4,7-10,15H,2,5-6,11-14H2,1H3,(H3,20,21,22);1H. The van der Waals surface area contributed by atoms with Crippen LogP contribution in [-0.4, -0.2) is 38.9 Å². The second-order valence-electron chi connectivity index (χ2n) is 5.46. The molecule has 0 heterocycles. The van der Waals surface area contributed by atoms with Gasteiger partial charge in [-0.3, -0.25) is 4.99 Å². The number of hydrogen-bond donors (Lipinski definition) is 2. The molecule has 0 aliphatic rings. The van der Waals surface area contributed by atoms with Crippen molar-refractivity contribution in [1.82, 2.24) is 5.32 Å². The van der Waals surface area contributed by atoms with Crippen LogP contribution in [0.5, 0.6) is 5.75 Å². The Morgan fingerprint density at radius 3 is 2.68 bits per heavy atom. The van der Waals surface area contributed by atoms with Gasteiger partial charge in [-0.15, -0.1) is 24.0 Å². The van der Waals surface area contributed by atoms with Gasteiger partial charge in [0.05, 0.1) is 6.61 Å². The maximum atomic E-state index is 5.80. The minimum absolute atomic E-state index is 0. The van der Waals surface area contributed by atoms with E-state index in [1.165, 1.54) is 10.8 Å². The first-order valence-corrected chi connectivity index (χ1v) is 8.52. The smallest absolute Gasteiger partial charge is 0.188 e. The maximum Gasteiger partial charge on any atom is 0.188 e. The summed E-state index contributed by atoms with van der Waals surface area (Å²) in [6.07, 6.45) is 1.75. The lowest BCUT2D eigenvalue weighted by atomic mass is 10.1. The van der Waals surface area contributed by atoms with Crippen molar-refractivity contribution in [2.75, 3.05) is 32.9 Å². The molecule has 0 amide bonds. The molecule has 0 aliphatic heterocycles. The minimum Gasteiger partial charge on any atom is -0.494 e. The van der Waals surface area contributed by atoms with Gasteiger partial charge in [0, 0.05) is 32.7 Å². The minimum atomic E-state index is 0. The summed E-state index contributed by atoms with van der Waals surface area (Å²) in [4.78, 5) is 4.29. The van der Waals surface area contributed by atoms with E-state index in [1.807, 2.05) is 25.1 Å². The van der Waals surface area contributed by atoms with E-state index in [0.29, 0.717) is 19.1 Å². The van der Waals surface area contributed by atoms with Crippen LogP contribution in [0.25, 0.3) is 10.8 Å². The lowest BCUT2D eigenvalue weighted by molar-refractivity contribution is 0.145. The third kappa shape index (κ3) is 8.40. The Labute approximate surface area is 167 Å². The summed E-state index contributed by atoms with van der Waals surface area (Å²) < 4.78 is 11.0. The van der Waals surface area contributed by atoms with Crippen molar-refractivity contribution in [1.29, 1.82) is 0 Å². The van der Waals surface area contributed by atoms with Crippen molar-refractivity contribution in [3.63, 3.8) is 0 Å². The maximum absolute atomic E-state index is 5.80. The molecule has 0 saturated carbocycles. The van der Waals surface area contributed by atoms with Crippen LogP contribution in [0.3, 0.4) is 0 Å². The highest BCUT2D eigenvalue weighted by atomic mass is 127. The van der Waals surface area contributed by atoms with Crippen LogP contribution in [0.2, 0.25) is 0 Å². The van der Waals surface area contributed by atoms with Gasteiger partial charge < -0.3 is 20.5 Å². The zero-order valence-corrected chi connectivity index (χ0v) is 17.1. The van der Waals surface area contributed by atoms with Crippen molar-refractivity contribution in [2.45, 2.75) is 19.8 Å². The Morgan fingerprint density at radius 1 is 1.08 bits per heavy atom. The molecular weight excluding hydrogens is 429 g/mol. The van der Waals surface area contributed by atoms with Gasteiger partial charge >= 0.3 is 0 Å². The fourth-order valence-electron chi connectivity index (χ4n) is 2.30. The van der Waals surface area contributed by atoms with Gasteiger partial charge in [-0.25, -0.2) is 0 Å². The third-order valence-electron chi connectivity index (χ3n) is 3.55. The number of guanidine groups is 1. The van der Waals surface area contributed by atoms with Gasteiger partial charge in [-0.1, -0.05) is 30.3 Å². The molecule has 0 atom stereocenters. The molecule has 2 aromatic carbocycles. The normalized spacial score (nSPS) is 11.2. The molecule has 0 bridgehead atoms. The lowest BCUT2D eigenvalue weighted by Crippen LogP contribution is -2.33. The highest BCUT2D eigenvalue weighted by molar-refractivity contribution is 14.0. The molecule has 6 heteroatoms. The van der Waals surface area contributed by atoms with Gasteiger partial charge in [0.25, 0.3) is 0 Å². The number of nitrogens with one attached hydrogen (secondary N) is 1. The number of ether oxygens (including phenoxy) is 2. The summed E-state index contributed by atoms with van der Waals surface area (Å²) in [6.45, 7) is 5.54. The topological polar surface area (TPSA) is 68.9 Å². The highest BCUT2D eigenvalue weighted by Crippen LogP contribution is 2.20. The molecule has 2 rings (SSSR count). The molecule has 25 heavy (non-hydrogen) atoms. The van der Waals surface area contributed by atoms with Crippen molar-refractivity contribution in [2.24, 2.45) is 10.7 Å². The first-order valence-electron chi connectivity index (χ1n) is 8.52. The average molecular weight is 457 g/mol. The van der Waals surface area contributed by atoms with Crippen LogP contribution in [0.1, 0.15) is 19.8 Å². The molecule has 3 N–H and O–H groups in total. The quantitative estimate of drug-likeness (QED) is 0.248. The van der Waals surface area contributed by atoms with E-state index >= 15 is 0 Å². The zero-order chi connectivity index (χ0) is 17.0. The summed E-state index contributed by atoms with van der Waals surface area (Å²) in [6, 6.07) is 14.4. The summed E-state index contributed by atoms with van der Waals surface area (Å²) in [7, 11) is 0. The second kappa shape index (κ2) is 12.8. The van der Waals surface area contributed by atoms with Crippen LogP contribution in [0.4, 0.5) is 0 Å². The predicted octanol–water partition coefficient (Wildman–Crippen LogP) is 3.56. The Balaban J connectivity index is 0.00000312. The second-order valence-corrected chi connectivity index (χ2v) is 5.46. The summed E-state index contributed by atoms with van der Waals surface area (Å²) in [5.74, 6) is 1.37. The van der Waals surface area contributed by atoms with Crippen molar-refractivity contribution in [3.8, 4) is 5.75 Å². The fourth-order valence-corrected chi connectivity index (χ4v) is 2.30. The van der Waals surface area contributed by atoms with Gasteiger partial charge in [-0.05, 0) is 36.2 Å². The predicted molar refractivity (Wildman–Crippen MR) is 115 cm³/mol. The molecule has 0 unspecified atom stereocenters. The number of halogens is 1. The van der Waals surface area contributed by atoms with Crippen LogP contribution in [-0.2, 0) is 4.74 Å². The monoisotopic (exact) mass is 457 g/mol. The Morgan fingerprint density at radius 2 is 1.88 bits per heavy atom. The number of hydrogen-bond acceptors (Lipinski definition) is 3. The molecule has 0 spiro atoms. The molecule has 0 aromatic heterocycles. The molecule has 138 valence electrons. The van der Waals surface area contributed by atoms with Gasteiger partial charge in [0.1, 0.15) is 5.75 Å². The first-order chi connectivity index (χ1) is 11.8. The zero-order valence-electron chi connectivity index (χ0n) is 14.7. The third-order valence-corrected chi connectivity index (χ3v) is 3.55. The van der Waals surface area contributed by atoms with Gasteiger partial charge in [-0.2, -0.15) is 0 Å². The number of rotatable bonds is 10. The van der Waals surface area contributed by atoms with Gasteiger partial charge in [0.2, 0.25) is 0 Å².